The minimum atomic E-state index is -0.481. The van der Waals surface area contributed by atoms with Gasteiger partial charge >= 0.3 is 0 Å². The van der Waals surface area contributed by atoms with E-state index in [4.69, 9.17) is 5.21 Å². The van der Waals surface area contributed by atoms with E-state index in [2.05, 4.69) is 5.16 Å². The standard InChI is InChI=1S/C5H7NO3/c1-4(7)2-5(8)3-6-9/h3,9H,2H2,1H3/b6-3-. The van der Waals surface area contributed by atoms with Gasteiger partial charge in [0.2, 0.25) is 0 Å². The van der Waals surface area contributed by atoms with Crippen molar-refractivity contribution in [2.75, 3.05) is 0 Å². The van der Waals surface area contributed by atoms with Gasteiger partial charge in [0.25, 0.3) is 0 Å². The molecule has 50 valence electrons. The van der Waals surface area contributed by atoms with Crippen LogP contribution in [0.2, 0.25) is 0 Å². The Hall–Kier alpha value is -1.19. The van der Waals surface area contributed by atoms with Crippen LogP contribution in [0.25, 0.3) is 0 Å². The largest absolute Gasteiger partial charge is 0.411 e. The number of Topliss-reactive ketones (excluding diaryl/α,β-unsaturated/α-hetero) is 2. The van der Waals surface area contributed by atoms with Gasteiger partial charge in [-0.2, -0.15) is 0 Å². The van der Waals surface area contributed by atoms with Gasteiger partial charge in [0, 0.05) is 0 Å². The van der Waals surface area contributed by atoms with Crippen LogP contribution < -0.4 is 0 Å². The van der Waals surface area contributed by atoms with Gasteiger partial charge in [-0.1, -0.05) is 5.16 Å². The first kappa shape index (κ1) is 7.81. The Morgan fingerprint density at radius 1 is 1.67 bits per heavy atom. The van der Waals surface area contributed by atoms with Crippen molar-refractivity contribution in [2.24, 2.45) is 5.16 Å². The molecule has 0 unspecified atom stereocenters. The van der Waals surface area contributed by atoms with Gasteiger partial charge in [-0.3, -0.25) is 9.59 Å². The van der Waals surface area contributed by atoms with Gasteiger partial charge in [0.1, 0.15) is 12.0 Å². The Kier molecular flexibility index (Phi) is 3.27. The Balaban J connectivity index is 3.64. The van der Waals surface area contributed by atoms with E-state index in [0.717, 1.165) is 0 Å². The molecule has 0 radical (unpaired) electrons. The first-order valence-electron chi connectivity index (χ1n) is 2.36. The highest BCUT2D eigenvalue weighted by atomic mass is 16.4. The third-order valence-corrected chi connectivity index (χ3v) is 0.625. The molecule has 0 heterocycles. The number of nitrogens with zero attached hydrogens (tertiary/aromatic N) is 1. The molecule has 0 fully saturated rings. The summed E-state index contributed by atoms with van der Waals surface area (Å²) in [6.07, 6.45) is 0.519. The zero-order valence-corrected chi connectivity index (χ0v) is 5.00. The van der Waals surface area contributed by atoms with Crippen LogP contribution in [0, 0.1) is 0 Å². The number of oxime groups is 1. The van der Waals surface area contributed by atoms with E-state index in [-0.39, 0.29) is 12.2 Å². The van der Waals surface area contributed by atoms with E-state index < -0.39 is 5.78 Å². The van der Waals surface area contributed by atoms with E-state index in [0.29, 0.717) is 6.21 Å². The van der Waals surface area contributed by atoms with Crippen molar-refractivity contribution in [3.8, 4) is 0 Å². The highest BCUT2D eigenvalue weighted by Crippen LogP contribution is 1.80. The molecule has 0 aliphatic carbocycles. The molecule has 0 rings (SSSR count). The van der Waals surface area contributed by atoms with Gasteiger partial charge < -0.3 is 5.21 Å². The molecule has 0 aliphatic rings. The fourth-order valence-electron chi connectivity index (χ4n) is 0.355. The Morgan fingerprint density at radius 2 is 2.22 bits per heavy atom. The molecule has 1 N–H and O–H groups in total. The molecule has 0 aliphatic heterocycles. The van der Waals surface area contributed by atoms with Crippen LogP contribution >= 0.6 is 0 Å². The van der Waals surface area contributed by atoms with Gasteiger partial charge in [-0.15, -0.1) is 0 Å². The zero-order chi connectivity index (χ0) is 7.28. The summed E-state index contributed by atoms with van der Waals surface area (Å²) >= 11 is 0. The van der Waals surface area contributed by atoms with E-state index in [1.807, 2.05) is 0 Å². The van der Waals surface area contributed by atoms with Crippen LogP contribution in [0.3, 0.4) is 0 Å². The highest BCUT2D eigenvalue weighted by Gasteiger charge is 2.00. The molecule has 9 heavy (non-hydrogen) atoms. The molecule has 0 spiro atoms. The summed E-state index contributed by atoms with van der Waals surface area (Å²) in [5, 5.41) is 10.2. The number of ketones is 2. The maximum atomic E-state index is 10.3. The molecule has 0 saturated carbocycles. The molecule has 0 atom stereocenters. The van der Waals surface area contributed by atoms with Crippen LogP contribution in [-0.2, 0) is 9.59 Å². The third kappa shape index (κ3) is 4.67. The summed E-state index contributed by atoms with van der Waals surface area (Å²) < 4.78 is 0. The highest BCUT2D eigenvalue weighted by molar-refractivity contribution is 6.31. The molecule has 0 amide bonds. The number of carbonyl (C=O) groups excluding carboxylic acids is 2. The first-order chi connectivity index (χ1) is 4.16. The second-order valence-corrected chi connectivity index (χ2v) is 1.59. The minimum Gasteiger partial charge on any atom is -0.411 e. The fourth-order valence-corrected chi connectivity index (χ4v) is 0.355. The van der Waals surface area contributed by atoms with Gasteiger partial charge in [0.05, 0.1) is 6.42 Å². The van der Waals surface area contributed by atoms with E-state index >= 15 is 0 Å². The molecule has 0 saturated heterocycles. The smallest absolute Gasteiger partial charge is 0.184 e. The Labute approximate surface area is 52.2 Å². The van der Waals surface area contributed by atoms with Gasteiger partial charge in [0.15, 0.2) is 5.78 Å². The van der Waals surface area contributed by atoms with Crippen LogP contribution in [-0.4, -0.2) is 23.0 Å². The summed E-state index contributed by atoms with van der Waals surface area (Å²) in [6.45, 7) is 1.29. The van der Waals surface area contributed by atoms with E-state index in [1.165, 1.54) is 6.92 Å². The Bertz CT molecular complexity index is 150. The van der Waals surface area contributed by atoms with Gasteiger partial charge in [-0.05, 0) is 6.92 Å². The lowest BCUT2D eigenvalue weighted by Gasteiger charge is -1.83. The average molecular weight is 129 g/mol. The molecule has 4 nitrogen and oxygen atoms in total. The first-order valence-corrected chi connectivity index (χ1v) is 2.36. The summed E-state index contributed by atoms with van der Waals surface area (Å²) in [6, 6.07) is 0. The number of hydrogen-bond acceptors (Lipinski definition) is 4. The lowest BCUT2D eigenvalue weighted by molar-refractivity contribution is -0.122. The second-order valence-electron chi connectivity index (χ2n) is 1.59. The van der Waals surface area contributed by atoms with Crippen molar-refractivity contribution in [1.82, 2.24) is 0 Å². The molecular weight excluding hydrogens is 122 g/mol. The van der Waals surface area contributed by atoms with Crippen molar-refractivity contribution in [3.05, 3.63) is 0 Å². The maximum Gasteiger partial charge on any atom is 0.184 e. The molecular formula is C5H7NO3. The van der Waals surface area contributed by atoms with E-state index in [9.17, 15) is 9.59 Å². The average Bonchev–Trinajstić information content (AvgIpc) is 1.63. The minimum absolute atomic E-state index is 0.190. The van der Waals surface area contributed by atoms with Gasteiger partial charge in [-0.25, -0.2) is 0 Å². The normalized spacial score (nSPS) is 9.89. The molecule has 4 heteroatoms. The van der Waals surface area contributed by atoms with Crippen molar-refractivity contribution in [2.45, 2.75) is 13.3 Å². The van der Waals surface area contributed by atoms with Crippen molar-refractivity contribution in [1.29, 1.82) is 0 Å². The predicted octanol–water partition coefficient (Wildman–Crippen LogP) is -0.00540. The van der Waals surface area contributed by atoms with Crippen molar-refractivity contribution < 1.29 is 14.8 Å². The number of hydrogen-bond donors (Lipinski definition) is 1. The monoisotopic (exact) mass is 129 g/mol. The Morgan fingerprint density at radius 3 is 2.56 bits per heavy atom. The lowest BCUT2D eigenvalue weighted by atomic mass is 10.2. The third-order valence-electron chi connectivity index (χ3n) is 0.625. The summed E-state index contributed by atoms with van der Waals surface area (Å²) in [5.74, 6) is -0.718. The van der Waals surface area contributed by atoms with Crippen molar-refractivity contribution >= 4 is 17.8 Å². The summed E-state index contributed by atoms with van der Waals surface area (Å²) in [4.78, 5) is 20.5. The van der Waals surface area contributed by atoms with Crippen LogP contribution in [0.1, 0.15) is 13.3 Å². The van der Waals surface area contributed by atoms with Crippen LogP contribution in [0.15, 0.2) is 5.16 Å². The molecule has 0 aromatic rings. The van der Waals surface area contributed by atoms with Crippen LogP contribution in [0.4, 0.5) is 0 Å². The SMILES string of the molecule is CC(=O)CC(=O)/C=N\O. The number of rotatable bonds is 3. The topological polar surface area (TPSA) is 66.7 Å². The van der Waals surface area contributed by atoms with Crippen LogP contribution in [0.5, 0.6) is 0 Å². The van der Waals surface area contributed by atoms with E-state index in [1.54, 1.807) is 0 Å². The maximum absolute atomic E-state index is 10.3. The second kappa shape index (κ2) is 3.77. The molecule has 0 aromatic heterocycles. The number of carbonyl (C=O) groups is 2. The lowest BCUT2D eigenvalue weighted by Crippen LogP contribution is -2.04. The summed E-state index contributed by atoms with van der Waals surface area (Å²) in [7, 11) is 0. The fraction of sp³-hybridized carbons (Fsp3) is 0.400. The predicted molar refractivity (Wildman–Crippen MR) is 30.6 cm³/mol. The molecule has 0 bridgehead atoms. The summed E-state index contributed by atoms with van der Waals surface area (Å²) in [5.41, 5.74) is 0. The van der Waals surface area contributed by atoms with Crippen molar-refractivity contribution in [3.63, 3.8) is 0 Å². The molecule has 0 aromatic carbocycles. The zero-order valence-electron chi connectivity index (χ0n) is 5.00. The quantitative estimate of drug-likeness (QED) is 0.252.